The van der Waals surface area contributed by atoms with Crippen molar-refractivity contribution in [3.05, 3.63) is 29.6 Å². The van der Waals surface area contributed by atoms with Crippen LogP contribution in [0.25, 0.3) is 0 Å². The van der Waals surface area contributed by atoms with Crippen molar-refractivity contribution in [1.82, 2.24) is 10.6 Å². The molecule has 0 aliphatic carbocycles. The molecule has 1 amide bonds. The Morgan fingerprint density at radius 3 is 2.71 bits per heavy atom. The summed E-state index contributed by atoms with van der Waals surface area (Å²) in [5, 5.41) is 5.93. The number of amides is 1. The predicted molar refractivity (Wildman–Crippen MR) is 78.9 cm³/mol. The maximum absolute atomic E-state index is 13.6. The van der Waals surface area contributed by atoms with E-state index in [2.05, 4.69) is 10.6 Å². The molecule has 21 heavy (non-hydrogen) atoms. The van der Waals surface area contributed by atoms with Gasteiger partial charge in [-0.05, 0) is 24.6 Å². The molecule has 0 saturated carbocycles. The van der Waals surface area contributed by atoms with E-state index >= 15 is 0 Å². The molecule has 0 aliphatic rings. The third-order valence-electron chi connectivity index (χ3n) is 3.11. The smallest absolute Gasteiger partial charge is 0.221 e. The van der Waals surface area contributed by atoms with Crippen molar-refractivity contribution in [2.24, 2.45) is 0 Å². The molecule has 0 heterocycles. The van der Waals surface area contributed by atoms with Gasteiger partial charge >= 0.3 is 0 Å². The van der Waals surface area contributed by atoms with Crippen molar-refractivity contribution in [3.63, 3.8) is 0 Å². The van der Waals surface area contributed by atoms with Gasteiger partial charge in [0, 0.05) is 32.7 Å². The first kappa shape index (κ1) is 17.4. The molecule has 5 nitrogen and oxygen atoms in total. The van der Waals surface area contributed by atoms with Crippen LogP contribution in [0.2, 0.25) is 0 Å². The number of rotatable bonds is 9. The number of benzene rings is 1. The summed E-state index contributed by atoms with van der Waals surface area (Å²) in [5.74, 6) is -0.197. The van der Waals surface area contributed by atoms with E-state index in [1.54, 1.807) is 19.2 Å². The van der Waals surface area contributed by atoms with Crippen molar-refractivity contribution in [2.75, 3.05) is 33.9 Å². The SMILES string of the molecule is COCCNC(=O)CCNC(C)c1ccc(OC)c(F)c1. The molecule has 1 atom stereocenters. The van der Waals surface area contributed by atoms with Gasteiger partial charge < -0.3 is 20.1 Å². The van der Waals surface area contributed by atoms with Crippen LogP contribution in [0.4, 0.5) is 4.39 Å². The summed E-state index contributed by atoms with van der Waals surface area (Å²) in [5.41, 5.74) is 0.813. The number of halogens is 1. The summed E-state index contributed by atoms with van der Waals surface area (Å²) in [6.07, 6.45) is 0.368. The molecule has 2 N–H and O–H groups in total. The van der Waals surface area contributed by atoms with Crippen LogP contribution in [0.1, 0.15) is 24.9 Å². The lowest BCUT2D eigenvalue weighted by Crippen LogP contribution is -2.30. The van der Waals surface area contributed by atoms with Crippen LogP contribution in [-0.2, 0) is 9.53 Å². The zero-order chi connectivity index (χ0) is 15.7. The standard InChI is InChI=1S/C15H23FN2O3/c1-11(12-4-5-14(21-3)13(16)10-12)17-7-6-15(19)18-8-9-20-2/h4-5,10-11,17H,6-9H2,1-3H3,(H,18,19). The average Bonchev–Trinajstić information content (AvgIpc) is 2.47. The lowest BCUT2D eigenvalue weighted by atomic mass is 10.1. The van der Waals surface area contributed by atoms with Gasteiger partial charge in [-0.25, -0.2) is 4.39 Å². The molecule has 1 unspecified atom stereocenters. The van der Waals surface area contributed by atoms with E-state index in [4.69, 9.17) is 9.47 Å². The molecule has 1 aromatic rings. The molecule has 118 valence electrons. The number of ether oxygens (including phenoxy) is 2. The van der Waals surface area contributed by atoms with Crippen LogP contribution in [0.3, 0.4) is 0 Å². The quantitative estimate of drug-likeness (QED) is 0.680. The molecule has 0 aliphatic heterocycles. The monoisotopic (exact) mass is 298 g/mol. The van der Waals surface area contributed by atoms with Crippen LogP contribution >= 0.6 is 0 Å². The van der Waals surface area contributed by atoms with E-state index in [1.165, 1.54) is 13.2 Å². The van der Waals surface area contributed by atoms with E-state index in [0.717, 1.165) is 5.56 Å². The Kier molecular flexibility index (Phi) is 7.71. The zero-order valence-corrected chi connectivity index (χ0v) is 12.7. The molecule has 0 radical (unpaired) electrons. The van der Waals surface area contributed by atoms with Gasteiger partial charge in [0.2, 0.25) is 5.91 Å². The van der Waals surface area contributed by atoms with Gasteiger partial charge in [-0.2, -0.15) is 0 Å². The van der Waals surface area contributed by atoms with Crippen LogP contribution in [0.15, 0.2) is 18.2 Å². The van der Waals surface area contributed by atoms with Crippen molar-refractivity contribution < 1.29 is 18.7 Å². The number of hydrogen-bond donors (Lipinski definition) is 2. The molecule has 6 heteroatoms. The van der Waals surface area contributed by atoms with Crippen molar-refractivity contribution >= 4 is 5.91 Å². The van der Waals surface area contributed by atoms with E-state index in [9.17, 15) is 9.18 Å². The Labute approximate surface area is 124 Å². The molecular weight excluding hydrogens is 275 g/mol. The molecule has 0 aromatic heterocycles. The Hall–Kier alpha value is -1.66. The van der Waals surface area contributed by atoms with Gasteiger partial charge in [0.15, 0.2) is 11.6 Å². The Morgan fingerprint density at radius 1 is 1.33 bits per heavy atom. The van der Waals surface area contributed by atoms with Gasteiger partial charge in [0.05, 0.1) is 13.7 Å². The fraction of sp³-hybridized carbons (Fsp3) is 0.533. The predicted octanol–water partition coefficient (Wildman–Crippen LogP) is 1.64. The Balaban J connectivity index is 2.35. The molecule has 0 spiro atoms. The number of methoxy groups -OCH3 is 2. The largest absolute Gasteiger partial charge is 0.494 e. The minimum Gasteiger partial charge on any atom is -0.494 e. The third-order valence-corrected chi connectivity index (χ3v) is 3.11. The second-order valence-corrected chi connectivity index (χ2v) is 4.66. The van der Waals surface area contributed by atoms with Gasteiger partial charge in [-0.15, -0.1) is 0 Å². The van der Waals surface area contributed by atoms with Gasteiger partial charge in [0.1, 0.15) is 0 Å². The highest BCUT2D eigenvalue weighted by atomic mass is 19.1. The van der Waals surface area contributed by atoms with Crippen molar-refractivity contribution in [1.29, 1.82) is 0 Å². The highest BCUT2D eigenvalue weighted by molar-refractivity contribution is 5.76. The van der Waals surface area contributed by atoms with E-state index in [1.807, 2.05) is 6.92 Å². The maximum Gasteiger partial charge on any atom is 0.221 e. The lowest BCUT2D eigenvalue weighted by Gasteiger charge is -2.15. The number of carbonyl (C=O) groups excluding carboxylic acids is 1. The van der Waals surface area contributed by atoms with E-state index < -0.39 is 0 Å². The summed E-state index contributed by atoms with van der Waals surface area (Å²) < 4.78 is 23.3. The normalized spacial score (nSPS) is 12.0. The highest BCUT2D eigenvalue weighted by Crippen LogP contribution is 2.21. The first-order chi connectivity index (χ1) is 10.1. The van der Waals surface area contributed by atoms with Gasteiger partial charge in [-0.1, -0.05) is 6.07 Å². The second-order valence-electron chi connectivity index (χ2n) is 4.66. The minimum absolute atomic E-state index is 0.0346. The maximum atomic E-state index is 13.6. The molecule has 1 rings (SSSR count). The van der Waals surface area contributed by atoms with Crippen LogP contribution < -0.4 is 15.4 Å². The van der Waals surface area contributed by atoms with Gasteiger partial charge in [-0.3, -0.25) is 4.79 Å². The molecule has 0 fully saturated rings. The Morgan fingerprint density at radius 2 is 2.10 bits per heavy atom. The number of hydrogen-bond acceptors (Lipinski definition) is 4. The highest BCUT2D eigenvalue weighted by Gasteiger charge is 2.09. The molecule has 1 aromatic carbocycles. The van der Waals surface area contributed by atoms with Crippen LogP contribution in [-0.4, -0.2) is 39.8 Å². The molecule has 0 saturated heterocycles. The fourth-order valence-corrected chi connectivity index (χ4v) is 1.85. The van der Waals surface area contributed by atoms with E-state index in [0.29, 0.717) is 26.1 Å². The zero-order valence-electron chi connectivity index (χ0n) is 12.7. The van der Waals surface area contributed by atoms with E-state index in [-0.39, 0.29) is 23.5 Å². The fourth-order valence-electron chi connectivity index (χ4n) is 1.85. The molecule has 0 bridgehead atoms. The number of nitrogens with one attached hydrogen (secondary N) is 2. The Bertz CT molecular complexity index is 455. The third kappa shape index (κ3) is 6.10. The minimum atomic E-state index is -0.388. The van der Waals surface area contributed by atoms with Crippen molar-refractivity contribution in [2.45, 2.75) is 19.4 Å². The van der Waals surface area contributed by atoms with Crippen LogP contribution in [0, 0.1) is 5.82 Å². The number of carbonyl (C=O) groups is 1. The lowest BCUT2D eigenvalue weighted by molar-refractivity contribution is -0.121. The molecular formula is C15H23FN2O3. The average molecular weight is 298 g/mol. The van der Waals surface area contributed by atoms with Gasteiger partial charge in [0.25, 0.3) is 0 Å². The summed E-state index contributed by atoms with van der Waals surface area (Å²) in [4.78, 5) is 11.5. The van der Waals surface area contributed by atoms with Crippen LogP contribution in [0.5, 0.6) is 5.75 Å². The summed E-state index contributed by atoms with van der Waals surface area (Å²) >= 11 is 0. The first-order valence-electron chi connectivity index (χ1n) is 6.91. The first-order valence-corrected chi connectivity index (χ1v) is 6.91. The topological polar surface area (TPSA) is 59.6 Å². The summed E-state index contributed by atoms with van der Waals surface area (Å²) in [7, 11) is 3.02. The summed E-state index contributed by atoms with van der Waals surface area (Å²) in [6, 6.07) is 4.80. The van der Waals surface area contributed by atoms with Crippen molar-refractivity contribution in [3.8, 4) is 5.75 Å². The second kappa shape index (κ2) is 9.31. The summed E-state index contributed by atoms with van der Waals surface area (Å²) in [6.45, 7) is 3.45.